The first-order valence-electron chi connectivity index (χ1n) is 10.6. The lowest BCUT2D eigenvalue weighted by Crippen LogP contribution is -2.43. The smallest absolute Gasteiger partial charge is 0.274 e. The van der Waals surface area contributed by atoms with Gasteiger partial charge in [0, 0.05) is 37.8 Å². The summed E-state index contributed by atoms with van der Waals surface area (Å²) in [5, 5.41) is 6.21. The van der Waals surface area contributed by atoms with Crippen molar-refractivity contribution in [1.29, 1.82) is 0 Å². The number of carbonyl (C=O) groups excluding carboxylic acids is 2. The van der Waals surface area contributed by atoms with Crippen LogP contribution in [0.1, 0.15) is 13.0 Å². The van der Waals surface area contributed by atoms with Gasteiger partial charge in [0.2, 0.25) is 11.9 Å². The molecule has 4 rings (SSSR count). The van der Waals surface area contributed by atoms with E-state index in [1.807, 2.05) is 6.92 Å². The van der Waals surface area contributed by atoms with Crippen molar-refractivity contribution < 1.29 is 9.59 Å². The predicted molar refractivity (Wildman–Crippen MR) is 128 cm³/mol. The molecule has 174 valence electrons. The number of nitrogens with two attached hydrogens (primary N) is 2. The second-order valence-corrected chi connectivity index (χ2v) is 8.52. The molecule has 2 atom stereocenters. The van der Waals surface area contributed by atoms with Crippen LogP contribution in [-0.4, -0.2) is 63.5 Å². The Hall–Kier alpha value is -3.18. The first kappa shape index (κ1) is 23.0. The zero-order valence-electron chi connectivity index (χ0n) is 18.3. The maximum Gasteiger partial charge on any atom is 0.274 e. The highest BCUT2D eigenvalue weighted by atomic mass is 35.5. The highest BCUT2D eigenvalue weighted by molar-refractivity contribution is 6.35. The molecule has 2 unspecified atom stereocenters. The van der Waals surface area contributed by atoms with Crippen molar-refractivity contribution in [2.45, 2.75) is 19.0 Å². The van der Waals surface area contributed by atoms with E-state index >= 15 is 0 Å². The first-order valence-corrected chi connectivity index (χ1v) is 11.0. The minimum Gasteiger partial charge on any atom is -0.385 e. The molecule has 2 aliphatic rings. The third-order valence-electron chi connectivity index (χ3n) is 5.76. The first-order chi connectivity index (χ1) is 15.8. The number of benzene rings is 1. The van der Waals surface area contributed by atoms with Crippen molar-refractivity contribution in [3.05, 3.63) is 59.8 Å². The van der Waals surface area contributed by atoms with E-state index in [2.05, 4.69) is 16.9 Å². The van der Waals surface area contributed by atoms with Gasteiger partial charge in [0.15, 0.2) is 0 Å². The fourth-order valence-corrected chi connectivity index (χ4v) is 4.41. The average molecular weight is 471 g/mol. The number of hydrazine groups is 2. The van der Waals surface area contributed by atoms with E-state index in [-0.39, 0.29) is 23.9 Å². The largest absolute Gasteiger partial charge is 0.385 e. The van der Waals surface area contributed by atoms with Crippen molar-refractivity contribution in [2.24, 2.45) is 11.7 Å². The van der Waals surface area contributed by atoms with E-state index < -0.39 is 5.91 Å². The number of amides is 2. The number of hydrogen-bond donors (Lipinski definition) is 3. The van der Waals surface area contributed by atoms with Gasteiger partial charge in [-0.05, 0) is 43.5 Å². The number of rotatable bonds is 4. The molecule has 2 aromatic rings. The minimum atomic E-state index is -0.412. The number of nitrogens with one attached hydrogen (secondary N) is 1. The summed E-state index contributed by atoms with van der Waals surface area (Å²) in [6.45, 7) is 7.18. The van der Waals surface area contributed by atoms with Crippen LogP contribution in [0.5, 0.6) is 0 Å². The second kappa shape index (κ2) is 9.36. The molecule has 10 nitrogen and oxygen atoms in total. The molecule has 1 aromatic heterocycles. The molecule has 11 heteroatoms. The molecule has 1 aromatic carbocycles. The lowest BCUT2D eigenvalue weighted by molar-refractivity contribution is -0.126. The summed E-state index contributed by atoms with van der Waals surface area (Å²) < 4.78 is 1.80. The van der Waals surface area contributed by atoms with E-state index in [9.17, 15) is 9.59 Å². The maximum absolute atomic E-state index is 13.2. The Morgan fingerprint density at radius 1 is 1.33 bits per heavy atom. The van der Waals surface area contributed by atoms with Crippen molar-refractivity contribution in [3.8, 4) is 0 Å². The molecule has 5 N–H and O–H groups in total. The number of dihydropyridines is 1. The zero-order valence-corrected chi connectivity index (χ0v) is 19.1. The van der Waals surface area contributed by atoms with Gasteiger partial charge >= 0.3 is 0 Å². The molecule has 1 fully saturated rings. The normalized spacial score (nSPS) is 21.3. The van der Waals surface area contributed by atoms with Crippen LogP contribution in [0, 0.1) is 0 Å². The fraction of sp³-hybridized carbons (Fsp3) is 0.318. The van der Waals surface area contributed by atoms with Gasteiger partial charge in [0.05, 0.1) is 22.1 Å². The molecular weight excluding hydrogens is 444 g/mol. The van der Waals surface area contributed by atoms with E-state index in [4.69, 9.17) is 23.3 Å². The van der Waals surface area contributed by atoms with Crippen LogP contribution in [0.15, 0.2) is 54.8 Å². The van der Waals surface area contributed by atoms with Gasteiger partial charge in [-0.15, -0.1) is 0 Å². The Labute approximate surface area is 196 Å². The van der Waals surface area contributed by atoms with E-state index in [1.54, 1.807) is 51.0 Å². The molecule has 2 aliphatic heterocycles. The summed E-state index contributed by atoms with van der Waals surface area (Å²) in [6.07, 6.45) is 6.45. The summed E-state index contributed by atoms with van der Waals surface area (Å²) in [5.74, 6) is 12.2. The zero-order chi connectivity index (χ0) is 23.7. The molecule has 0 aliphatic carbocycles. The van der Waals surface area contributed by atoms with Crippen LogP contribution >= 0.6 is 11.6 Å². The maximum atomic E-state index is 13.2. The van der Waals surface area contributed by atoms with Gasteiger partial charge in [-0.3, -0.25) is 15.4 Å². The van der Waals surface area contributed by atoms with Crippen LogP contribution < -0.4 is 22.0 Å². The molecule has 2 amide bonds. The van der Waals surface area contributed by atoms with E-state index in [0.717, 1.165) is 5.01 Å². The van der Waals surface area contributed by atoms with Gasteiger partial charge in [0.25, 0.3) is 5.91 Å². The van der Waals surface area contributed by atoms with E-state index in [1.165, 1.54) is 6.08 Å². The average Bonchev–Trinajstić information content (AvgIpc) is 3.09. The number of aromatic nitrogens is 2. The van der Waals surface area contributed by atoms with Gasteiger partial charge in [-0.25, -0.2) is 20.8 Å². The Morgan fingerprint density at radius 2 is 2.12 bits per heavy atom. The summed E-state index contributed by atoms with van der Waals surface area (Å²) in [7, 11) is 0. The number of para-hydroxylation sites is 1. The summed E-state index contributed by atoms with van der Waals surface area (Å²) in [6, 6.07) is 4.95. The lowest BCUT2D eigenvalue weighted by Gasteiger charge is -2.28. The fourth-order valence-electron chi connectivity index (χ4n) is 4.15. The second-order valence-electron chi connectivity index (χ2n) is 8.11. The number of halogens is 1. The van der Waals surface area contributed by atoms with Crippen LogP contribution in [0.25, 0.3) is 11.0 Å². The van der Waals surface area contributed by atoms with Crippen LogP contribution in [-0.2, 0) is 9.59 Å². The standard InChI is InChI=1S/C22H27ClN8O2/c1-3-19(32)28-9-10-29(24)13-16(12-28)30-20-17(23)5-4-6-18(20)27-22(30)31(25)21(33)15-7-8-26-14(2)11-15/h3-8,11,14,16,26H,1,9-10,12-13,24-25H2,2H3. The SMILES string of the molecule is C=CC(=O)N1CCN(N)CC(n2c(N(N)C(=O)C3=CC(C)NC=C3)nc3cccc(Cl)c32)C1. The van der Waals surface area contributed by atoms with Gasteiger partial charge in [-0.2, -0.15) is 0 Å². The molecule has 3 heterocycles. The number of carbonyl (C=O) groups is 2. The summed E-state index contributed by atoms with van der Waals surface area (Å²) in [4.78, 5) is 32.0. The molecule has 0 bridgehead atoms. The highest BCUT2D eigenvalue weighted by Gasteiger charge is 2.31. The molecule has 33 heavy (non-hydrogen) atoms. The Balaban J connectivity index is 1.82. The molecular formula is C22H27ClN8O2. The van der Waals surface area contributed by atoms with Crippen molar-refractivity contribution in [2.75, 3.05) is 31.2 Å². The van der Waals surface area contributed by atoms with Crippen LogP contribution in [0.3, 0.4) is 0 Å². The minimum absolute atomic E-state index is 0.0123. The molecule has 0 saturated carbocycles. The number of nitrogens with zero attached hydrogens (tertiary/aromatic N) is 5. The molecule has 0 radical (unpaired) electrons. The number of anilines is 1. The molecule has 1 saturated heterocycles. The predicted octanol–water partition coefficient (Wildman–Crippen LogP) is 1.07. The Bertz CT molecular complexity index is 1160. The number of imidazole rings is 1. The highest BCUT2D eigenvalue weighted by Crippen LogP contribution is 2.33. The molecule has 0 spiro atoms. The van der Waals surface area contributed by atoms with Crippen molar-refractivity contribution >= 4 is 40.4 Å². The summed E-state index contributed by atoms with van der Waals surface area (Å²) in [5.41, 5.74) is 1.64. The summed E-state index contributed by atoms with van der Waals surface area (Å²) >= 11 is 6.57. The third kappa shape index (κ3) is 4.51. The van der Waals surface area contributed by atoms with E-state index in [0.29, 0.717) is 47.8 Å². The Morgan fingerprint density at radius 3 is 2.85 bits per heavy atom. The Kier molecular flexibility index (Phi) is 6.52. The number of hydrogen-bond acceptors (Lipinski definition) is 7. The van der Waals surface area contributed by atoms with Crippen LogP contribution in [0.2, 0.25) is 5.02 Å². The quantitative estimate of drug-likeness (QED) is 0.264. The van der Waals surface area contributed by atoms with Gasteiger partial charge < -0.3 is 14.8 Å². The topological polar surface area (TPSA) is 126 Å². The van der Waals surface area contributed by atoms with Gasteiger partial charge in [-0.1, -0.05) is 24.2 Å². The van der Waals surface area contributed by atoms with Crippen molar-refractivity contribution in [1.82, 2.24) is 24.8 Å². The number of fused-ring (bicyclic) bond motifs is 1. The monoisotopic (exact) mass is 470 g/mol. The van der Waals surface area contributed by atoms with Crippen LogP contribution in [0.4, 0.5) is 5.95 Å². The third-order valence-corrected chi connectivity index (χ3v) is 6.07. The lowest BCUT2D eigenvalue weighted by atomic mass is 10.1. The van der Waals surface area contributed by atoms with Gasteiger partial charge in [0.1, 0.15) is 0 Å². The van der Waals surface area contributed by atoms with Crippen molar-refractivity contribution in [3.63, 3.8) is 0 Å².